The van der Waals surface area contributed by atoms with Gasteiger partial charge in [-0.2, -0.15) is 0 Å². The zero-order valence-electron chi connectivity index (χ0n) is 19.9. The zero-order valence-corrected chi connectivity index (χ0v) is 20.6. The van der Waals surface area contributed by atoms with Gasteiger partial charge in [0.05, 0.1) is 22.9 Å². The first kappa shape index (κ1) is 23.9. The molecular weight excluding hydrogens is 450 g/mol. The van der Waals surface area contributed by atoms with Crippen molar-refractivity contribution < 1.29 is 14.3 Å². The second kappa shape index (κ2) is 10.3. The van der Waals surface area contributed by atoms with Crippen molar-refractivity contribution in [3.05, 3.63) is 87.7 Å². The molecule has 0 aliphatic carbocycles. The summed E-state index contributed by atoms with van der Waals surface area (Å²) in [5.74, 6) is -0.451. The van der Waals surface area contributed by atoms with E-state index in [2.05, 4.69) is 4.90 Å². The first-order valence-corrected chi connectivity index (χ1v) is 12.0. The van der Waals surface area contributed by atoms with Crippen LogP contribution in [0, 0.1) is 13.8 Å². The Kier molecular flexibility index (Phi) is 7.27. The minimum absolute atomic E-state index is 0.0498. The van der Waals surface area contributed by atoms with Crippen molar-refractivity contribution in [3.8, 4) is 0 Å². The number of ether oxygens (including phenoxy) is 1. The summed E-state index contributed by atoms with van der Waals surface area (Å²) in [7, 11) is 0. The van der Waals surface area contributed by atoms with Crippen molar-refractivity contribution in [1.29, 1.82) is 0 Å². The molecule has 1 amide bonds. The number of hydrogen-bond donors (Lipinski definition) is 0. The van der Waals surface area contributed by atoms with E-state index in [1.54, 1.807) is 6.92 Å². The van der Waals surface area contributed by atoms with E-state index in [0.717, 1.165) is 16.9 Å². The van der Waals surface area contributed by atoms with Gasteiger partial charge in [0.2, 0.25) is 0 Å². The number of nitrogens with zero attached hydrogens (tertiary/aromatic N) is 3. The Balaban J connectivity index is 1.61. The Morgan fingerprint density at radius 3 is 2.24 bits per heavy atom. The van der Waals surface area contributed by atoms with Gasteiger partial charge >= 0.3 is 5.97 Å². The van der Waals surface area contributed by atoms with Crippen LogP contribution >= 0.6 is 11.6 Å². The topological polar surface area (TPSA) is 54.8 Å². The normalized spacial score (nSPS) is 13.8. The smallest absolute Gasteiger partial charge is 0.355 e. The average Bonchev–Trinajstić information content (AvgIpc) is 3.09. The van der Waals surface area contributed by atoms with E-state index in [9.17, 15) is 9.59 Å². The average molecular weight is 480 g/mol. The number of hydrogen-bond acceptors (Lipinski definition) is 4. The number of halogens is 1. The lowest BCUT2D eigenvalue weighted by molar-refractivity contribution is 0.0513. The van der Waals surface area contributed by atoms with Crippen LogP contribution in [0.25, 0.3) is 0 Å². The van der Waals surface area contributed by atoms with Gasteiger partial charge in [-0.05, 0) is 44.0 Å². The molecule has 1 saturated heterocycles. The fraction of sp³-hybridized carbons (Fsp3) is 0.333. The fourth-order valence-electron chi connectivity index (χ4n) is 4.65. The molecule has 0 spiro atoms. The molecule has 2 aromatic carbocycles. The Morgan fingerprint density at radius 2 is 1.59 bits per heavy atom. The molecule has 3 aromatic rings. The highest BCUT2D eigenvalue weighted by Crippen LogP contribution is 2.29. The summed E-state index contributed by atoms with van der Waals surface area (Å²) in [6.45, 7) is 8.88. The standard InChI is InChI=1S/C27H30ClN3O3/c1-4-34-27(33)25-19(2)24(20(3)31(25)18-21-10-6-5-7-11-21)26(32)30-16-14-29(15-17-30)23-13-9-8-12-22(23)28/h5-13H,4,14-18H2,1-3H3. The monoisotopic (exact) mass is 479 g/mol. The summed E-state index contributed by atoms with van der Waals surface area (Å²) < 4.78 is 7.26. The highest BCUT2D eigenvalue weighted by atomic mass is 35.5. The van der Waals surface area contributed by atoms with Crippen LogP contribution < -0.4 is 4.90 Å². The molecule has 0 atom stereocenters. The minimum atomic E-state index is -0.401. The van der Waals surface area contributed by atoms with Gasteiger partial charge in [-0.15, -0.1) is 0 Å². The van der Waals surface area contributed by atoms with Gasteiger partial charge in [0, 0.05) is 38.4 Å². The number of carbonyl (C=O) groups is 2. The molecule has 7 heteroatoms. The summed E-state index contributed by atoms with van der Waals surface area (Å²) in [5, 5.41) is 0.714. The first-order valence-electron chi connectivity index (χ1n) is 11.6. The van der Waals surface area contributed by atoms with Gasteiger partial charge in [-0.25, -0.2) is 4.79 Å². The van der Waals surface area contributed by atoms with E-state index in [1.807, 2.05) is 77.9 Å². The molecule has 6 nitrogen and oxygen atoms in total. The maximum absolute atomic E-state index is 13.7. The molecule has 0 N–H and O–H groups in total. The molecule has 0 saturated carbocycles. The number of aromatic nitrogens is 1. The van der Waals surface area contributed by atoms with Crippen molar-refractivity contribution in [2.24, 2.45) is 0 Å². The number of carbonyl (C=O) groups excluding carboxylic acids is 2. The summed E-state index contributed by atoms with van der Waals surface area (Å²) in [6, 6.07) is 17.7. The maximum Gasteiger partial charge on any atom is 0.355 e. The maximum atomic E-state index is 13.7. The fourth-order valence-corrected chi connectivity index (χ4v) is 4.91. The van der Waals surface area contributed by atoms with Crippen LogP contribution in [0.5, 0.6) is 0 Å². The molecule has 0 bridgehead atoms. The Bertz CT molecular complexity index is 1180. The first-order chi connectivity index (χ1) is 16.4. The van der Waals surface area contributed by atoms with Crippen molar-refractivity contribution in [2.45, 2.75) is 27.3 Å². The minimum Gasteiger partial charge on any atom is -0.461 e. The molecule has 1 aromatic heterocycles. The number of benzene rings is 2. The molecule has 1 aliphatic rings. The van der Waals surface area contributed by atoms with Crippen LogP contribution in [0.4, 0.5) is 5.69 Å². The number of anilines is 1. The van der Waals surface area contributed by atoms with Crippen molar-refractivity contribution in [1.82, 2.24) is 9.47 Å². The molecule has 0 unspecified atom stereocenters. The zero-order chi connectivity index (χ0) is 24.2. The van der Waals surface area contributed by atoms with Crippen molar-refractivity contribution in [3.63, 3.8) is 0 Å². The highest BCUT2D eigenvalue weighted by molar-refractivity contribution is 6.33. The number of rotatable bonds is 6. The largest absolute Gasteiger partial charge is 0.461 e. The van der Waals surface area contributed by atoms with E-state index in [4.69, 9.17) is 16.3 Å². The third-order valence-corrected chi connectivity index (χ3v) is 6.71. The van der Waals surface area contributed by atoms with Crippen LogP contribution in [0.1, 0.15) is 44.6 Å². The number of para-hydroxylation sites is 1. The van der Waals surface area contributed by atoms with E-state index < -0.39 is 5.97 Å². The predicted molar refractivity (Wildman–Crippen MR) is 135 cm³/mol. The molecule has 34 heavy (non-hydrogen) atoms. The Labute approximate surface area is 205 Å². The second-order valence-electron chi connectivity index (χ2n) is 8.46. The van der Waals surface area contributed by atoms with Gasteiger partial charge < -0.3 is 19.1 Å². The van der Waals surface area contributed by atoms with Crippen LogP contribution in [0.2, 0.25) is 5.02 Å². The van der Waals surface area contributed by atoms with Crippen LogP contribution in [-0.2, 0) is 11.3 Å². The summed E-state index contributed by atoms with van der Waals surface area (Å²) in [4.78, 5) is 30.6. The molecular formula is C27H30ClN3O3. The lowest BCUT2D eigenvalue weighted by Crippen LogP contribution is -2.49. The third-order valence-electron chi connectivity index (χ3n) is 6.39. The molecule has 2 heterocycles. The SMILES string of the molecule is CCOC(=O)c1c(C)c(C(=O)N2CCN(c3ccccc3Cl)CC2)c(C)n1Cc1ccccc1. The number of piperazine rings is 1. The third kappa shape index (κ3) is 4.68. The van der Waals surface area contributed by atoms with E-state index in [0.29, 0.717) is 54.6 Å². The second-order valence-corrected chi connectivity index (χ2v) is 8.86. The van der Waals surface area contributed by atoms with Crippen molar-refractivity contribution >= 4 is 29.2 Å². The lowest BCUT2D eigenvalue weighted by atomic mass is 10.1. The summed E-state index contributed by atoms with van der Waals surface area (Å²) >= 11 is 6.37. The van der Waals surface area contributed by atoms with Crippen molar-refractivity contribution in [2.75, 3.05) is 37.7 Å². The van der Waals surface area contributed by atoms with Crippen LogP contribution in [-0.4, -0.2) is 54.1 Å². The van der Waals surface area contributed by atoms with E-state index >= 15 is 0 Å². The van der Waals surface area contributed by atoms with Gasteiger partial charge in [0.25, 0.3) is 5.91 Å². The highest BCUT2D eigenvalue weighted by Gasteiger charge is 2.31. The molecule has 4 rings (SSSR count). The van der Waals surface area contributed by atoms with Crippen LogP contribution in [0.15, 0.2) is 54.6 Å². The van der Waals surface area contributed by atoms with Gasteiger partial charge in [-0.1, -0.05) is 54.1 Å². The van der Waals surface area contributed by atoms with E-state index in [-0.39, 0.29) is 12.5 Å². The van der Waals surface area contributed by atoms with Gasteiger partial charge in [0.1, 0.15) is 5.69 Å². The number of esters is 1. The quantitative estimate of drug-likeness (QED) is 0.469. The van der Waals surface area contributed by atoms with E-state index in [1.165, 1.54) is 0 Å². The summed E-state index contributed by atoms with van der Waals surface area (Å²) in [6.07, 6.45) is 0. The van der Waals surface area contributed by atoms with Gasteiger partial charge in [0.15, 0.2) is 0 Å². The Hall–Kier alpha value is -3.25. The molecule has 1 fully saturated rings. The predicted octanol–water partition coefficient (Wildman–Crippen LogP) is 4.95. The van der Waals surface area contributed by atoms with Gasteiger partial charge in [-0.3, -0.25) is 4.79 Å². The molecule has 1 aliphatic heterocycles. The van der Waals surface area contributed by atoms with Crippen LogP contribution in [0.3, 0.4) is 0 Å². The molecule has 0 radical (unpaired) electrons. The Morgan fingerprint density at radius 1 is 0.941 bits per heavy atom. The number of amides is 1. The molecule has 178 valence electrons. The lowest BCUT2D eigenvalue weighted by Gasteiger charge is -2.36. The summed E-state index contributed by atoms with van der Waals surface area (Å²) in [5.41, 5.74) is 4.53.